The van der Waals surface area contributed by atoms with Crippen LogP contribution in [0, 0.1) is 24.2 Å². The number of allylic oxidation sites excluding steroid dienone is 2. The number of carbonyl (C=O) groups is 4. The Labute approximate surface area is 332 Å². The highest BCUT2D eigenvalue weighted by Crippen LogP contribution is 2.61. The fourth-order valence-electron chi connectivity index (χ4n) is 9.23. The van der Waals surface area contributed by atoms with Gasteiger partial charge in [0.1, 0.15) is 29.3 Å². The molecule has 57 heavy (non-hydrogen) atoms. The number of aromatic nitrogens is 2. The van der Waals surface area contributed by atoms with Crippen LogP contribution in [0.2, 0.25) is 0 Å². The lowest BCUT2D eigenvalue weighted by atomic mass is 9.96. The molecule has 2 aromatic rings. The quantitative estimate of drug-likeness (QED) is 0.349. The van der Waals surface area contributed by atoms with Gasteiger partial charge in [-0.3, -0.25) is 28.5 Å². The lowest BCUT2D eigenvalue weighted by Gasteiger charge is -2.32. The Morgan fingerprint density at radius 2 is 1.84 bits per heavy atom. The van der Waals surface area contributed by atoms with Gasteiger partial charge in [0.2, 0.25) is 21.8 Å². The minimum absolute atomic E-state index is 0.0353. The van der Waals surface area contributed by atoms with Crippen molar-refractivity contribution in [2.45, 2.75) is 133 Å². The van der Waals surface area contributed by atoms with E-state index in [0.717, 1.165) is 24.8 Å². The molecular weight excluding hydrogens is 753 g/mol. The van der Waals surface area contributed by atoms with Crippen LogP contribution in [0.3, 0.4) is 0 Å². The van der Waals surface area contributed by atoms with Crippen molar-refractivity contribution in [1.29, 1.82) is 0 Å². The predicted molar refractivity (Wildman–Crippen MR) is 209 cm³/mol. The molecule has 3 N–H and O–H groups in total. The molecule has 2 bridgehead atoms. The van der Waals surface area contributed by atoms with E-state index in [1.807, 2.05) is 32.1 Å². The zero-order valence-corrected chi connectivity index (χ0v) is 33.6. The Hall–Kier alpha value is -4.73. The Morgan fingerprint density at radius 1 is 1.09 bits per heavy atom. The van der Waals surface area contributed by atoms with E-state index in [0.29, 0.717) is 49.4 Å². The number of fused-ring (bicyclic) bond motifs is 5. The highest BCUT2D eigenvalue weighted by Gasteiger charge is 2.64. The number of benzene rings is 1. The number of aryl methyl sites for hydroxylation is 1. The van der Waals surface area contributed by atoms with Crippen LogP contribution in [0.4, 0.5) is 4.79 Å². The van der Waals surface area contributed by atoms with Crippen LogP contribution >= 0.6 is 0 Å². The maximum atomic E-state index is 14.9. The molecule has 3 heterocycles. The molecule has 0 radical (unpaired) electrons. The lowest BCUT2D eigenvalue weighted by Crippen LogP contribution is -2.59. The van der Waals surface area contributed by atoms with Crippen LogP contribution in [-0.4, -0.2) is 87.8 Å². The van der Waals surface area contributed by atoms with E-state index < -0.39 is 74.3 Å². The van der Waals surface area contributed by atoms with Crippen molar-refractivity contribution < 1.29 is 37.1 Å². The second-order valence-electron chi connectivity index (χ2n) is 17.5. The predicted octanol–water partition coefficient (Wildman–Crippen LogP) is 3.53. The van der Waals surface area contributed by atoms with Gasteiger partial charge in [-0.15, -0.1) is 6.58 Å². The molecule has 15 nitrogen and oxygen atoms in total. The second kappa shape index (κ2) is 14.3. The van der Waals surface area contributed by atoms with E-state index in [4.69, 9.17) is 14.5 Å². The number of nitrogens with one attached hydrogen (secondary N) is 3. The van der Waals surface area contributed by atoms with Crippen molar-refractivity contribution in [2.75, 3.05) is 6.54 Å². The summed E-state index contributed by atoms with van der Waals surface area (Å²) in [4.78, 5) is 76.7. The molecule has 16 heteroatoms. The van der Waals surface area contributed by atoms with Crippen LogP contribution in [0.5, 0.6) is 6.01 Å². The third-order valence-electron chi connectivity index (χ3n) is 13.4. The van der Waals surface area contributed by atoms with E-state index in [2.05, 4.69) is 28.9 Å². The largest absolute Gasteiger partial charge is 0.459 e. The number of alkyl carbamates (subject to hydrolysis) is 1. The number of carbonyl (C=O) groups excluding carboxylic acids is 4. The molecule has 0 unspecified atom stereocenters. The molecule has 4 aliphatic carbocycles. The smallest absolute Gasteiger partial charge is 0.408 e. The number of sulfonamides is 1. The summed E-state index contributed by atoms with van der Waals surface area (Å²) in [6.07, 6.45) is 10.0. The second-order valence-corrected chi connectivity index (χ2v) is 19.5. The first kappa shape index (κ1) is 39.1. The highest BCUT2D eigenvalue weighted by atomic mass is 32.2. The van der Waals surface area contributed by atoms with Gasteiger partial charge in [0.15, 0.2) is 0 Å². The Morgan fingerprint density at radius 3 is 2.54 bits per heavy atom. The Kier molecular flexibility index (Phi) is 9.79. The van der Waals surface area contributed by atoms with E-state index in [9.17, 15) is 32.4 Å². The molecule has 6 aliphatic rings. The Balaban J connectivity index is 1.16. The van der Waals surface area contributed by atoms with Gasteiger partial charge < -0.3 is 25.0 Å². The molecule has 2 aliphatic heterocycles. The molecule has 5 fully saturated rings. The molecule has 8 rings (SSSR count). The third kappa shape index (κ3) is 7.33. The molecule has 7 atom stereocenters. The number of hydrogen-bond donors (Lipinski definition) is 3. The highest BCUT2D eigenvalue weighted by molar-refractivity contribution is 7.91. The number of nitrogens with zero attached hydrogens (tertiary/aromatic N) is 3. The van der Waals surface area contributed by atoms with Gasteiger partial charge in [-0.1, -0.05) is 44.1 Å². The van der Waals surface area contributed by atoms with Crippen LogP contribution in [0.15, 0.2) is 47.8 Å². The summed E-state index contributed by atoms with van der Waals surface area (Å²) in [5.74, 6) is -2.78. The average Bonchev–Trinajstić information content (AvgIpc) is 4.09. The molecule has 0 spiro atoms. The zero-order chi connectivity index (χ0) is 40.5. The van der Waals surface area contributed by atoms with E-state index in [1.54, 1.807) is 12.1 Å². The number of rotatable bonds is 7. The normalized spacial score (nSPS) is 33.7. The summed E-state index contributed by atoms with van der Waals surface area (Å²) in [5.41, 5.74) is -1.57. The van der Waals surface area contributed by atoms with Crippen molar-refractivity contribution in [3.63, 3.8) is 0 Å². The van der Waals surface area contributed by atoms with Gasteiger partial charge >= 0.3 is 6.09 Å². The van der Waals surface area contributed by atoms with E-state index >= 15 is 0 Å². The zero-order valence-electron chi connectivity index (χ0n) is 32.8. The van der Waals surface area contributed by atoms with Crippen molar-refractivity contribution >= 4 is 44.7 Å². The van der Waals surface area contributed by atoms with Gasteiger partial charge in [-0.05, 0) is 88.8 Å². The maximum Gasteiger partial charge on any atom is 0.408 e. The van der Waals surface area contributed by atoms with Crippen molar-refractivity contribution in [1.82, 2.24) is 29.8 Å². The van der Waals surface area contributed by atoms with Gasteiger partial charge in [-0.25, -0.2) is 13.2 Å². The SMILES string of the molecule is C=C[C@@H]1C[C@]1(NC(=O)[C@@H]1C[C@@H]2CN1C(=O)[C@H](C1CCCC1)NC(=O)O[C@@]1(C)C[C@]1(C)CC/C=C/Cn1c(nc3cc(C)ccc3c1=O)O2)C(=O)NS(=O)(=O)C1CC1. The maximum absolute atomic E-state index is 14.9. The van der Waals surface area contributed by atoms with Crippen LogP contribution in [0.25, 0.3) is 10.9 Å². The molecule has 1 aromatic heterocycles. The van der Waals surface area contributed by atoms with Crippen molar-refractivity contribution in [3.8, 4) is 6.01 Å². The third-order valence-corrected chi connectivity index (χ3v) is 15.2. The van der Waals surface area contributed by atoms with Gasteiger partial charge in [0.05, 0.1) is 22.7 Å². The fraction of sp³-hybridized carbons (Fsp3) is 0.610. The average molecular weight is 805 g/mol. The van der Waals surface area contributed by atoms with Crippen LogP contribution in [0.1, 0.15) is 90.0 Å². The molecule has 306 valence electrons. The van der Waals surface area contributed by atoms with Gasteiger partial charge in [0.25, 0.3) is 17.5 Å². The minimum atomic E-state index is -3.92. The Bertz CT molecular complexity index is 2230. The molecule has 4 saturated carbocycles. The monoisotopic (exact) mass is 804 g/mol. The summed E-state index contributed by atoms with van der Waals surface area (Å²) in [6, 6.07) is 3.23. The first-order valence-electron chi connectivity index (χ1n) is 20.2. The summed E-state index contributed by atoms with van der Waals surface area (Å²) in [6.45, 7) is 9.72. The van der Waals surface area contributed by atoms with Crippen molar-refractivity contribution in [2.24, 2.45) is 17.3 Å². The van der Waals surface area contributed by atoms with E-state index in [1.165, 1.54) is 15.5 Å². The molecule has 4 amide bonds. The fourth-order valence-corrected chi connectivity index (χ4v) is 10.6. The standard InChI is InChI=1S/C41H52N6O9S/c1-5-26-21-41(26,36(51)45-57(53,54)28-14-15-28)44-33(48)31-20-27-22-47(31)35(50)32(25-11-7-8-12-25)43-38(52)56-40(4)23-39(40,3)17-9-6-10-18-46-34(49)29-16-13-24(2)19-30(29)42-37(46)55-27/h5-6,10,13,16,19,25-28,31-32H,1,7-9,11-12,14-15,17-18,20-23H2,2-4H3,(H,43,52)(H,44,48)(H,45,51)/b10-6+/t26-,27-,31+,32+,39+,40+,41-/m1/s1. The molecule has 1 saturated heterocycles. The number of ether oxygens (including phenoxy) is 2. The van der Waals surface area contributed by atoms with Gasteiger partial charge in [-0.2, -0.15) is 4.98 Å². The summed E-state index contributed by atoms with van der Waals surface area (Å²) >= 11 is 0. The minimum Gasteiger partial charge on any atom is -0.459 e. The summed E-state index contributed by atoms with van der Waals surface area (Å²) in [7, 11) is -3.92. The first-order valence-corrected chi connectivity index (χ1v) is 21.7. The lowest BCUT2D eigenvalue weighted by molar-refractivity contribution is -0.142. The number of hydrogen-bond acceptors (Lipinski definition) is 10. The van der Waals surface area contributed by atoms with Gasteiger partial charge in [0, 0.05) is 24.3 Å². The summed E-state index contributed by atoms with van der Waals surface area (Å²) < 4.78 is 41.8. The van der Waals surface area contributed by atoms with Crippen molar-refractivity contribution in [3.05, 3.63) is 58.9 Å². The molecular formula is C41H52N6O9S. The van der Waals surface area contributed by atoms with Crippen LogP contribution < -0.4 is 25.7 Å². The summed E-state index contributed by atoms with van der Waals surface area (Å²) in [5, 5.41) is 5.48. The topological polar surface area (TPSA) is 195 Å². The molecule has 1 aromatic carbocycles. The van der Waals surface area contributed by atoms with E-state index in [-0.39, 0.29) is 48.8 Å². The number of amides is 4. The first-order chi connectivity index (χ1) is 27.1. The van der Waals surface area contributed by atoms with Crippen LogP contribution in [-0.2, 0) is 35.7 Å².